The summed E-state index contributed by atoms with van der Waals surface area (Å²) in [5.41, 5.74) is 4.50. The summed E-state index contributed by atoms with van der Waals surface area (Å²) in [6.07, 6.45) is 5.08. The molecular formula is C13H17. The summed E-state index contributed by atoms with van der Waals surface area (Å²) in [6, 6.07) is 7.93. The lowest BCUT2D eigenvalue weighted by Gasteiger charge is -2.07. The molecule has 69 valence electrons. The van der Waals surface area contributed by atoms with Gasteiger partial charge in [0.2, 0.25) is 0 Å². The van der Waals surface area contributed by atoms with E-state index in [1.807, 2.05) is 0 Å². The van der Waals surface area contributed by atoms with E-state index in [1.54, 1.807) is 5.56 Å². The maximum Gasteiger partial charge on any atom is -0.0146 e. The maximum atomic E-state index is 3.36. The first kappa shape index (κ1) is 8.80. The second-order valence-electron chi connectivity index (χ2n) is 3.92. The van der Waals surface area contributed by atoms with Crippen molar-refractivity contribution in [2.45, 2.75) is 45.4 Å². The van der Waals surface area contributed by atoms with Crippen LogP contribution in [0, 0.1) is 6.07 Å². The lowest BCUT2D eigenvalue weighted by molar-refractivity contribution is 1.01. The largest absolute Gasteiger partial charge is 0.0613 e. The Morgan fingerprint density at radius 3 is 2.62 bits per heavy atom. The smallest absolute Gasteiger partial charge is 0.0146 e. The minimum atomic E-state index is 0.884. The molecule has 1 aromatic rings. The molecular weight excluding hydrogens is 156 g/mol. The molecule has 1 fully saturated rings. The number of aryl methyl sites for hydroxylation is 2. The average Bonchev–Trinajstić information content (AvgIpc) is 3.00. The predicted molar refractivity (Wildman–Crippen MR) is 56.0 cm³/mol. The Kier molecular flexibility index (Phi) is 2.39. The van der Waals surface area contributed by atoms with Crippen molar-refractivity contribution < 1.29 is 0 Å². The number of hydrogen-bond donors (Lipinski definition) is 0. The van der Waals surface area contributed by atoms with Crippen molar-refractivity contribution in [3.63, 3.8) is 0 Å². The van der Waals surface area contributed by atoms with Gasteiger partial charge in [0.05, 0.1) is 0 Å². The summed E-state index contributed by atoms with van der Waals surface area (Å²) in [6.45, 7) is 4.44. The fraction of sp³-hybridized carbons (Fsp3) is 0.538. The average molecular weight is 173 g/mol. The quantitative estimate of drug-likeness (QED) is 0.656. The van der Waals surface area contributed by atoms with Crippen LogP contribution in [0.1, 0.15) is 49.3 Å². The van der Waals surface area contributed by atoms with Crippen molar-refractivity contribution in [1.82, 2.24) is 0 Å². The Morgan fingerprint density at radius 1 is 1.31 bits per heavy atom. The van der Waals surface area contributed by atoms with E-state index in [9.17, 15) is 0 Å². The zero-order valence-electron chi connectivity index (χ0n) is 8.56. The highest BCUT2D eigenvalue weighted by atomic mass is 14.3. The van der Waals surface area contributed by atoms with Crippen LogP contribution in [-0.4, -0.2) is 0 Å². The molecule has 1 aliphatic rings. The first-order valence-electron chi connectivity index (χ1n) is 5.38. The number of rotatable bonds is 3. The van der Waals surface area contributed by atoms with Gasteiger partial charge >= 0.3 is 0 Å². The van der Waals surface area contributed by atoms with E-state index in [4.69, 9.17) is 0 Å². The molecule has 0 aliphatic heterocycles. The maximum absolute atomic E-state index is 3.36. The van der Waals surface area contributed by atoms with Crippen molar-refractivity contribution in [1.29, 1.82) is 0 Å². The van der Waals surface area contributed by atoms with Crippen LogP contribution in [0.2, 0.25) is 0 Å². The molecule has 1 aromatic carbocycles. The molecule has 0 N–H and O–H groups in total. The van der Waals surface area contributed by atoms with Crippen LogP contribution >= 0.6 is 0 Å². The van der Waals surface area contributed by atoms with Gasteiger partial charge in [0.15, 0.2) is 0 Å². The summed E-state index contributed by atoms with van der Waals surface area (Å²) >= 11 is 0. The molecule has 0 atom stereocenters. The highest BCUT2D eigenvalue weighted by Gasteiger charge is 2.25. The molecule has 0 nitrogen and oxygen atoms in total. The monoisotopic (exact) mass is 173 g/mol. The molecule has 0 amide bonds. The van der Waals surface area contributed by atoms with Gasteiger partial charge in [0, 0.05) is 0 Å². The third-order valence-corrected chi connectivity index (χ3v) is 2.91. The normalized spacial score (nSPS) is 16.2. The van der Waals surface area contributed by atoms with Crippen LogP contribution in [0.25, 0.3) is 0 Å². The minimum absolute atomic E-state index is 0.884. The Balaban J connectivity index is 2.35. The van der Waals surface area contributed by atoms with Crippen molar-refractivity contribution in [3.05, 3.63) is 34.9 Å². The lowest BCUT2D eigenvalue weighted by Crippen LogP contribution is -1.93. The minimum Gasteiger partial charge on any atom is -0.0613 e. The van der Waals surface area contributed by atoms with E-state index in [2.05, 4.69) is 32.0 Å². The standard InChI is InChI=1S/C13H17/c1-3-10-5-6-11(4-2)13(9-10)12-7-8-12/h6,9,12H,3-4,7-8H2,1-2H3. The first-order chi connectivity index (χ1) is 6.35. The van der Waals surface area contributed by atoms with Crippen LogP contribution in [0.15, 0.2) is 12.1 Å². The third-order valence-electron chi connectivity index (χ3n) is 2.91. The van der Waals surface area contributed by atoms with Crippen LogP contribution in [-0.2, 0) is 12.8 Å². The summed E-state index contributed by atoms with van der Waals surface area (Å²) in [7, 11) is 0. The van der Waals surface area contributed by atoms with Gasteiger partial charge in [-0.05, 0) is 54.4 Å². The molecule has 0 unspecified atom stereocenters. The molecule has 1 radical (unpaired) electrons. The van der Waals surface area contributed by atoms with E-state index in [1.165, 1.54) is 24.0 Å². The van der Waals surface area contributed by atoms with Gasteiger partial charge < -0.3 is 0 Å². The zero-order chi connectivity index (χ0) is 9.26. The molecule has 0 heteroatoms. The van der Waals surface area contributed by atoms with Crippen LogP contribution < -0.4 is 0 Å². The van der Waals surface area contributed by atoms with Gasteiger partial charge in [-0.1, -0.05) is 26.0 Å². The lowest BCUT2D eigenvalue weighted by atomic mass is 9.98. The highest BCUT2D eigenvalue weighted by Crippen LogP contribution is 2.42. The fourth-order valence-corrected chi connectivity index (χ4v) is 1.87. The van der Waals surface area contributed by atoms with Gasteiger partial charge in [-0.3, -0.25) is 0 Å². The molecule has 13 heavy (non-hydrogen) atoms. The molecule has 1 saturated carbocycles. The predicted octanol–water partition coefficient (Wildman–Crippen LogP) is 3.49. The van der Waals surface area contributed by atoms with E-state index >= 15 is 0 Å². The van der Waals surface area contributed by atoms with Gasteiger partial charge in [0.25, 0.3) is 0 Å². The molecule has 0 bridgehead atoms. The molecule has 0 spiro atoms. The molecule has 2 rings (SSSR count). The van der Waals surface area contributed by atoms with E-state index in [0.717, 1.165) is 18.8 Å². The topological polar surface area (TPSA) is 0 Å². The van der Waals surface area contributed by atoms with Gasteiger partial charge in [0.1, 0.15) is 0 Å². The zero-order valence-corrected chi connectivity index (χ0v) is 8.56. The van der Waals surface area contributed by atoms with Gasteiger partial charge in [-0.25, -0.2) is 0 Å². The summed E-state index contributed by atoms with van der Waals surface area (Å²) in [5.74, 6) is 0.884. The summed E-state index contributed by atoms with van der Waals surface area (Å²) in [5, 5.41) is 0. The van der Waals surface area contributed by atoms with Gasteiger partial charge in [-0.15, -0.1) is 0 Å². The van der Waals surface area contributed by atoms with E-state index < -0.39 is 0 Å². The van der Waals surface area contributed by atoms with Crippen LogP contribution in [0.4, 0.5) is 0 Å². The Labute approximate surface area is 81.0 Å². The number of hydrogen-bond acceptors (Lipinski definition) is 0. The van der Waals surface area contributed by atoms with Crippen LogP contribution in [0.3, 0.4) is 0 Å². The van der Waals surface area contributed by atoms with Crippen molar-refractivity contribution in [2.75, 3.05) is 0 Å². The molecule has 0 aromatic heterocycles. The number of benzene rings is 1. The van der Waals surface area contributed by atoms with Crippen LogP contribution in [0.5, 0.6) is 0 Å². The van der Waals surface area contributed by atoms with Crippen molar-refractivity contribution in [2.24, 2.45) is 0 Å². The summed E-state index contributed by atoms with van der Waals surface area (Å²) < 4.78 is 0. The van der Waals surface area contributed by atoms with Crippen molar-refractivity contribution >= 4 is 0 Å². The SMILES string of the molecule is CCc1[c]cc(CC)c(C2CC2)c1. The highest BCUT2D eigenvalue weighted by molar-refractivity contribution is 5.36. The second-order valence-corrected chi connectivity index (χ2v) is 3.92. The van der Waals surface area contributed by atoms with E-state index in [-0.39, 0.29) is 0 Å². The van der Waals surface area contributed by atoms with Crippen molar-refractivity contribution in [3.8, 4) is 0 Å². The molecule has 0 heterocycles. The molecule has 0 saturated heterocycles. The molecule has 1 aliphatic carbocycles. The third kappa shape index (κ3) is 1.77. The second kappa shape index (κ2) is 3.53. The Morgan fingerprint density at radius 2 is 2.08 bits per heavy atom. The Hall–Kier alpha value is -0.780. The summed E-state index contributed by atoms with van der Waals surface area (Å²) in [4.78, 5) is 0. The van der Waals surface area contributed by atoms with E-state index in [0.29, 0.717) is 0 Å². The van der Waals surface area contributed by atoms with Gasteiger partial charge in [-0.2, -0.15) is 0 Å². The Bertz CT molecular complexity index is 295. The first-order valence-corrected chi connectivity index (χ1v) is 5.38. The fourth-order valence-electron chi connectivity index (χ4n) is 1.87.